The maximum atomic E-state index is 13.1. The van der Waals surface area contributed by atoms with E-state index in [-0.39, 0.29) is 37.0 Å². The number of esters is 2. The van der Waals surface area contributed by atoms with Crippen LogP contribution in [0.3, 0.4) is 0 Å². The molecule has 0 aromatic heterocycles. The number of carbonyl (C=O) groups excluding carboxylic acids is 2. The molecular weight excluding hydrogens is 476 g/mol. The minimum Gasteiger partial charge on any atom is -0.462 e. The third-order valence-electron chi connectivity index (χ3n) is 9.81. The predicted molar refractivity (Wildman–Crippen MR) is 135 cm³/mol. The lowest BCUT2D eigenvalue weighted by atomic mass is 9.51. The summed E-state index contributed by atoms with van der Waals surface area (Å²) in [5.41, 5.74) is 0.503. The van der Waals surface area contributed by atoms with Gasteiger partial charge in [0.05, 0.1) is 43.0 Å². The van der Waals surface area contributed by atoms with Crippen LogP contribution in [0.25, 0.3) is 0 Å². The number of hydrogen-bond donors (Lipinski definition) is 1. The molecule has 2 bridgehead atoms. The quantitative estimate of drug-likeness (QED) is 0.318. The zero-order chi connectivity index (χ0) is 26.4. The second-order valence-corrected chi connectivity index (χ2v) is 12.1. The Labute approximate surface area is 219 Å². The zero-order valence-electron chi connectivity index (χ0n) is 22.6. The Balaban J connectivity index is 1.46. The number of cyclic esters (lactones) is 1. The summed E-state index contributed by atoms with van der Waals surface area (Å²) in [5, 5.41) is 10.1. The molecule has 8 nitrogen and oxygen atoms in total. The van der Waals surface area contributed by atoms with Crippen LogP contribution in [0, 0.1) is 10.8 Å². The van der Waals surface area contributed by atoms with E-state index in [1.54, 1.807) is 6.92 Å². The molecule has 8 heteroatoms. The Morgan fingerprint density at radius 3 is 2.57 bits per heavy atom. The van der Waals surface area contributed by atoms with Crippen LogP contribution in [-0.4, -0.2) is 73.0 Å². The lowest BCUT2D eigenvalue weighted by molar-refractivity contribution is -0.232. The number of ether oxygens (including phenoxy) is 5. The highest BCUT2D eigenvalue weighted by Gasteiger charge is 2.83. The van der Waals surface area contributed by atoms with Gasteiger partial charge in [0.25, 0.3) is 0 Å². The van der Waals surface area contributed by atoms with Gasteiger partial charge in [0.2, 0.25) is 0 Å². The molecule has 37 heavy (non-hydrogen) atoms. The molecular formula is C29H42O8. The van der Waals surface area contributed by atoms with Crippen LogP contribution >= 0.6 is 0 Å². The van der Waals surface area contributed by atoms with Crippen LogP contribution in [0.15, 0.2) is 23.3 Å². The first kappa shape index (κ1) is 26.9. The molecule has 0 amide bonds. The highest BCUT2D eigenvalue weighted by Crippen LogP contribution is 2.72. The van der Waals surface area contributed by atoms with Crippen molar-refractivity contribution in [3.8, 4) is 0 Å². The Morgan fingerprint density at radius 1 is 1.05 bits per heavy atom. The molecule has 8 atom stereocenters. The Kier molecular flexibility index (Phi) is 7.33. The number of aliphatic hydroxyl groups excluding tert-OH is 1. The summed E-state index contributed by atoms with van der Waals surface area (Å²) >= 11 is 0. The van der Waals surface area contributed by atoms with Crippen molar-refractivity contribution in [3.05, 3.63) is 23.3 Å². The fourth-order valence-electron chi connectivity index (χ4n) is 7.32. The molecule has 0 radical (unpaired) electrons. The fraction of sp³-hybridized carbons (Fsp3) is 0.793. The lowest BCUT2D eigenvalue weighted by Crippen LogP contribution is -2.66. The van der Waals surface area contributed by atoms with Gasteiger partial charge in [0.1, 0.15) is 18.3 Å². The summed E-state index contributed by atoms with van der Waals surface area (Å²) in [6, 6.07) is 0. The number of hydrogen-bond acceptors (Lipinski definition) is 8. The van der Waals surface area contributed by atoms with E-state index >= 15 is 0 Å². The molecule has 3 aliphatic heterocycles. The maximum Gasteiger partial charge on any atom is 0.330 e. The van der Waals surface area contributed by atoms with Gasteiger partial charge in [-0.05, 0) is 52.9 Å². The molecule has 5 rings (SSSR count). The van der Waals surface area contributed by atoms with E-state index in [9.17, 15) is 14.7 Å². The summed E-state index contributed by atoms with van der Waals surface area (Å²) in [6.45, 7) is 9.02. The number of allylic oxidation sites excluding steroid dienone is 1. The Morgan fingerprint density at radius 2 is 1.84 bits per heavy atom. The van der Waals surface area contributed by atoms with E-state index in [1.165, 1.54) is 11.6 Å². The van der Waals surface area contributed by atoms with Crippen LogP contribution in [0.2, 0.25) is 0 Å². The van der Waals surface area contributed by atoms with Crippen molar-refractivity contribution in [1.29, 1.82) is 0 Å². The van der Waals surface area contributed by atoms with Crippen molar-refractivity contribution >= 4 is 11.9 Å². The van der Waals surface area contributed by atoms with Crippen molar-refractivity contribution in [2.45, 2.75) is 115 Å². The van der Waals surface area contributed by atoms with Gasteiger partial charge in [-0.1, -0.05) is 30.6 Å². The third kappa shape index (κ3) is 4.58. The predicted octanol–water partition coefficient (Wildman–Crippen LogP) is 3.79. The first-order chi connectivity index (χ1) is 17.6. The molecule has 1 saturated carbocycles. The summed E-state index contributed by atoms with van der Waals surface area (Å²) in [6.07, 6.45) is 7.18. The monoisotopic (exact) mass is 518 g/mol. The number of rotatable bonds is 1. The molecule has 2 saturated heterocycles. The summed E-state index contributed by atoms with van der Waals surface area (Å²) in [5.74, 6) is -0.622. The molecule has 0 aromatic carbocycles. The molecule has 0 aromatic rings. The van der Waals surface area contributed by atoms with Crippen LogP contribution in [0.4, 0.5) is 0 Å². The van der Waals surface area contributed by atoms with Gasteiger partial charge in [-0.2, -0.15) is 0 Å². The largest absolute Gasteiger partial charge is 0.462 e. The lowest BCUT2D eigenvalue weighted by Gasteiger charge is -2.58. The minimum atomic E-state index is -0.614. The molecule has 206 valence electrons. The van der Waals surface area contributed by atoms with Gasteiger partial charge in [-0.3, -0.25) is 4.79 Å². The van der Waals surface area contributed by atoms with Crippen LogP contribution < -0.4 is 0 Å². The van der Waals surface area contributed by atoms with Crippen LogP contribution in [-0.2, 0) is 33.3 Å². The second-order valence-electron chi connectivity index (χ2n) is 12.1. The van der Waals surface area contributed by atoms with Crippen molar-refractivity contribution in [2.24, 2.45) is 10.8 Å². The molecule has 3 fully saturated rings. The van der Waals surface area contributed by atoms with E-state index in [0.717, 1.165) is 24.8 Å². The van der Waals surface area contributed by atoms with Crippen molar-refractivity contribution < 1.29 is 38.4 Å². The Hall–Kier alpha value is -1.74. The average molecular weight is 519 g/mol. The van der Waals surface area contributed by atoms with Crippen molar-refractivity contribution in [3.63, 3.8) is 0 Å². The van der Waals surface area contributed by atoms with Crippen molar-refractivity contribution in [1.82, 2.24) is 0 Å². The molecule has 0 unspecified atom stereocenters. The van der Waals surface area contributed by atoms with Crippen LogP contribution in [0.5, 0.6) is 0 Å². The van der Waals surface area contributed by atoms with E-state index in [1.807, 2.05) is 6.92 Å². The molecule has 3 heterocycles. The molecule has 2 aliphatic carbocycles. The van der Waals surface area contributed by atoms with Gasteiger partial charge < -0.3 is 28.8 Å². The van der Waals surface area contributed by atoms with E-state index < -0.39 is 28.5 Å². The number of aliphatic hydroxyl groups is 1. The zero-order valence-corrected chi connectivity index (χ0v) is 22.6. The normalized spacial score (nSPS) is 45.3. The maximum absolute atomic E-state index is 13.1. The first-order valence-electron chi connectivity index (χ1n) is 13.9. The van der Waals surface area contributed by atoms with Gasteiger partial charge in [0, 0.05) is 24.3 Å². The highest BCUT2D eigenvalue weighted by atomic mass is 16.6. The van der Waals surface area contributed by atoms with E-state index in [4.69, 9.17) is 23.7 Å². The molecule has 1 N–H and O–H groups in total. The number of epoxide rings is 1. The third-order valence-corrected chi connectivity index (χ3v) is 9.81. The Bertz CT molecular complexity index is 965. The standard InChI is InChI=1S/C29H42O8/c1-18-9-11-28-16-34-26(32)14-19(2)10-12-33-21(20(3)30)7-5-6-8-25(31)37-22-15-24(36-23(28)13-18)29(17-35-29)27(22,28)4/h13-14,20-24,30H,5-12,15-17H2,1-4H3/b19-14-/t20-,21-,22+,23+,24+,27+,28+,29-/m0/s1. The average Bonchev–Trinajstić information content (AvgIpc) is 3.61. The molecule has 5 aliphatic rings. The number of carbonyl (C=O) groups is 2. The van der Waals surface area contributed by atoms with E-state index in [2.05, 4.69) is 19.9 Å². The van der Waals surface area contributed by atoms with Crippen LogP contribution in [0.1, 0.15) is 79.1 Å². The van der Waals surface area contributed by atoms with Gasteiger partial charge in [-0.25, -0.2) is 4.79 Å². The smallest absolute Gasteiger partial charge is 0.330 e. The van der Waals surface area contributed by atoms with Crippen molar-refractivity contribution in [2.75, 3.05) is 19.8 Å². The first-order valence-corrected chi connectivity index (χ1v) is 13.9. The molecule has 2 spiro atoms. The van der Waals surface area contributed by atoms with Gasteiger partial charge in [0.15, 0.2) is 0 Å². The van der Waals surface area contributed by atoms with Gasteiger partial charge in [-0.15, -0.1) is 0 Å². The fourth-order valence-corrected chi connectivity index (χ4v) is 7.32. The van der Waals surface area contributed by atoms with Gasteiger partial charge >= 0.3 is 11.9 Å². The second kappa shape index (κ2) is 10.1. The highest BCUT2D eigenvalue weighted by molar-refractivity contribution is 5.82. The summed E-state index contributed by atoms with van der Waals surface area (Å²) in [4.78, 5) is 26.0. The minimum absolute atomic E-state index is 0.161. The SMILES string of the molecule is CC1=C[C@H]2O[C@@H]3C[C@H]4OC(=O)CCCC[C@@H]([C@H](C)O)OCC/C(C)=C\C(=O)OC[C@@]2(CC1)[C@]4(C)[C@]31CO1. The summed E-state index contributed by atoms with van der Waals surface area (Å²) in [7, 11) is 0. The van der Waals surface area contributed by atoms with E-state index in [0.29, 0.717) is 45.3 Å². The topological polar surface area (TPSA) is 104 Å². The summed E-state index contributed by atoms with van der Waals surface area (Å²) < 4.78 is 30.9.